The molecule has 0 radical (unpaired) electrons. The number of alkyl carbamates (subject to hydrolysis) is 1. The fraction of sp³-hybridized carbons (Fsp3) is 0.474. The zero-order valence-corrected chi connectivity index (χ0v) is 15.6. The van der Waals surface area contributed by atoms with Crippen molar-refractivity contribution in [1.82, 2.24) is 10.3 Å². The number of amides is 1. The lowest BCUT2D eigenvalue weighted by atomic mass is 9.82. The summed E-state index contributed by atoms with van der Waals surface area (Å²) < 4.78 is 10.8. The first kappa shape index (κ1) is 19.0. The van der Waals surface area contributed by atoms with Crippen LogP contribution in [0.5, 0.6) is 5.88 Å². The second-order valence-electron chi connectivity index (χ2n) is 7.36. The number of fused-ring (bicyclic) bond motifs is 1. The number of pyridine rings is 1. The highest BCUT2D eigenvalue weighted by Crippen LogP contribution is 2.32. The Morgan fingerprint density at radius 1 is 1.24 bits per heavy atom. The minimum absolute atomic E-state index is 0.314. The number of methoxy groups -OCH3 is 1. The van der Waals surface area contributed by atoms with Crippen molar-refractivity contribution in [2.24, 2.45) is 5.73 Å². The average Bonchev–Trinajstić information content (AvgIpc) is 2.57. The van der Waals surface area contributed by atoms with E-state index >= 15 is 0 Å². The van der Waals surface area contributed by atoms with E-state index < -0.39 is 17.1 Å². The van der Waals surface area contributed by atoms with Crippen LogP contribution in [-0.4, -0.2) is 36.9 Å². The van der Waals surface area contributed by atoms with Gasteiger partial charge in [0.1, 0.15) is 5.60 Å². The number of carbonyl (C=O) groups excluding carboxylic acids is 1. The van der Waals surface area contributed by atoms with Crippen LogP contribution in [0.4, 0.5) is 4.79 Å². The lowest BCUT2D eigenvalue weighted by Gasteiger charge is -2.30. The van der Waals surface area contributed by atoms with Crippen LogP contribution in [0, 0.1) is 0 Å². The van der Waals surface area contributed by atoms with Crippen LogP contribution in [0.3, 0.4) is 0 Å². The van der Waals surface area contributed by atoms with E-state index in [2.05, 4.69) is 10.3 Å². The second-order valence-corrected chi connectivity index (χ2v) is 7.36. The van der Waals surface area contributed by atoms with Gasteiger partial charge < -0.3 is 20.5 Å². The van der Waals surface area contributed by atoms with Gasteiger partial charge >= 0.3 is 6.09 Å². The number of carbonyl (C=O) groups is 1. The molecule has 1 heterocycles. The molecule has 6 nitrogen and oxygen atoms in total. The number of hydrogen-bond donors (Lipinski definition) is 2. The van der Waals surface area contributed by atoms with Crippen LogP contribution in [0.25, 0.3) is 10.9 Å². The molecule has 25 heavy (non-hydrogen) atoms. The van der Waals surface area contributed by atoms with Gasteiger partial charge in [-0.15, -0.1) is 0 Å². The first-order chi connectivity index (χ1) is 11.7. The maximum absolute atomic E-state index is 12.0. The first-order valence-electron chi connectivity index (χ1n) is 8.30. The Balaban J connectivity index is 2.31. The number of nitrogens with one attached hydrogen (secondary N) is 1. The minimum atomic E-state index is -0.550. The standard InChI is InChI=1S/C19H27N3O3/c1-18(2,3)25-17(23)21-12-19(4,11-20)14-10-13-8-6-7-9-15(13)22-16(14)24-5/h6-10H,11-12,20H2,1-5H3,(H,21,23). The second kappa shape index (κ2) is 7.27. The predicted molar refractivity (Wildman–Crippen MR) is 98.9 cm³/mol. The molecule has 1 atom stereocenters. The van der Waals surface area contributed by atoms with Crippen molar-refractivity contribution in [1.29, 1.82) is 0 Å². The third-order valence-corrected chi connectivity index (χ3v) is 4.00. The van der Waals surface area contributed by atoms with E-state index in [1.807, 2.05) is 58.0 Å². The molecule has 0 saturated carbocycles. The average molecular weight is 345 g/mol. The van der Waals surface area contributed by atoms with Gasteiger partial charge in [-0.25, -0.2) is 9.78 Å². The molecule has 3 N–H and O–H groups in total. The van der Waals surface area contributed by atoms with E-state index in [-0.39, 0.29) is 0 Å². The molecule has 1 aromatic heterocycles. The highest BCUT2D eigenvalue weighted by molar-refractivity contribution is 5.80. The SMILES string of the molecule is COc1nc2ccccc2cc1C(C)(CN)CNC(=O)OC(C)(C)C. The molecule has 0 aliphatic rings. The van der Waals surface area contributed by atoms with E-state index in [1.54, 1.807) is 7.11 Å². The van der Waals surface area contributed by atoms with Crippen LogP contribution < -0.4 is 15.8 Å². The van der Waals surface area contributed by atoms with Gasteiger partial charge in [0.05, 0.1) is 12.6 Å². The fourth-order valence-corrected chi connectivity index (χ4v) is 2.55. The molecule has 1 amide bonds. The lowest BCUT2D eigenvalue weighted by molar-refractivity contribution is 0.0516. The monoisotopic (exact) mass is 345 g/mol. The van der Waals surface area contributed by atoms with Crippen molar-refractivity contribution in [2.45, 2.75) is 38.7 Å². The van der Waals surface area contributed by atoms with Gasteiger partial charge in [-0.3, -0.25) is 0 Å². The quantitative estimate of drug-likeness (QED) is 0.870. The van der Waals surface area contributed by atoms with Crippen molar-refractivity contribution in [3.63, 3.8) is 0 Å². The molecule has 0 saturated heterocycles. The number of ether oxygens (including phenoxy) is 2. The highest BCUT2D eigenvalue weighted by Gasteiger charge is 2.31. The number of nitrogens with zero attached hydrogens (tertiary/aromatic N) is 1. The number of hydrogen-bond acceptors (Lipinski definition) is 5. The summed E-state index contributed by atoms with van der Waals surface area (Å²) in [5.41, 5.74) is 6.66. The Hall–Kier alpha value is -2.34. The van der Waals surface area contributed by atoms with Crippen molar-refractivity contribution in [3.05, 3.63) is 35.9 Å². The Morgan fingerprint density at radius 3 is 2.52 bits per heavy atom. The van der Waals surface area contributed by atoms with Crippen LogP contribution in [0.1, 0.15) is 33.3 Å². The smallest absolute Gasteiger partial charge is 0.407 e. The van der Waals surface area contributed by atoms with Crippen molar-refractivity contribution in [2.75, 3.05) is 20.2 Å². The maximum atomic E-state index is 12.0. The van der Waals surface area contributed by atoms with Gasteiger partial charge in [0.15, 0.2) is 0 Å². The summed E-state index contributed by atoms with van der Waals surface area (Å²) in [7, 11) is 1.58. The van der Waals surface area contributed by atoms with Gasteiger partial charge in [0.25, 0.3) is 0 Å². The summed E-state index contributed by atoms with van der Waals surface area (Å²) >= 11 is 0. The van der Waals surface area contributed by atoms with Crippen LogP contribution in [-0.2, 0) is 10.2 Å². The van der Waals surface area contributed by atoms with Gasteiger partial charge in [0, 0.05) is 29.5 Å². The van der Waals surface area contributed by atoms with Gasteiger partial charge in [-0.1, -0.05) is 25.1 Å². The van der Waals surface area contributed by atoms with Crippen molar-refractivity contribution < 1.29 is 14.3 Å². The van der Waals surface area contributed by atoms with E-state index in [4.69, 9.17) is 15.2 Å². The summed E-state index contributed by atoms with van der Waals surface area (Å²) in [6, 6.07) is 9.83. The van der Waals surface area contributed by atoms with E-state index in [0.29, 0.717) is 19.0 Å². The number of benzene rings is 1. The third kappa shape index (κ3) is 4.60. The van der Waals surface area contributed by atoms with Crippen LogP contribution >= 0.6 is 0 Å². The number of rotatable bonds is 5. The maximum Gasteiger partial charge on any atom is 0.407 e. The lowest BCUT2D eigenvalue weighted by Crippen LogP contribution is -2.45. The van der Waals surface area contributed by atoms with E-state index in [0.717, 1.165) is 16.5 Å². The molecule has 0 aliphatic carbocycles. The zero-order chi connectivity index (χ0) is 18.7. The highest BCUT2D eigenvalue weighted by atomic mass is 16.6. The molecule has 0 fully saturated rings. The molecule has 2 aromatic rings. The summed E-state index contributed by atoms with van der Waals surface area (Å²) in [6.07, 6.45) is -0.472. The zero-order valence-electron chi connectivity index (χ0n) is 15.6. The summed E-state index contributed by atoms with van der Waals surface area (Å²) in [5.74, 6) is 0.512. The van der Waals surface area contributed by atoms with Gasteiger partial charge in [-0.05, 0) is 32.9 Å². The third-order valence-electron chi connectivity index (χ3n) is 4.00. The molecule has 1 unspecified atom stereocenters. The molecule has 0 spiro atoms. The molecule has 6 heteroatoms. The molecule has 0 aliphatic heterocycles. The molecular weight excluding hydrogens is 318 g/mol. The summed E-state index contributed by atoms with van der Waals surface area (Å²) in [5, 5.41) is 3.80. The van der Waals surface area contributed by atoms with Gasteiger partial charge in [-0.2, -0.15) is 0 Å². The fourth-order valence-electron chi connectivity index (χ4n) is 2.55. The predicted octanol–water partition coefficient (Wildman–Crippen LogP) is 2.98. The topological polar surface area (TPSA) is 86.5 Å². The van der Waals surface area contributed by atoms with Crippen molar-refractivity contribution in [3.8, 4) is 5.88 Å². The minimum Gasteiger partial charge on any atom is -0.481 e. The largest absolute Gasteiger partial charge is 0.481 e. The van der Waals surface area contributed by atoms with E-state index in [9.17, 15) is 4.79 Å². The number of aromatic nitrogens is 1. The Labute approximate surface area is 148 Å². The molecular formula is C19H27N3O3. The molecule has 1 aromatic carbocycles. The first-order valence-corrected chi connectivity index (χ1v) is 8.30. The van der Waals surface area contributed by atoms with Crippen LogP contribution in [0.2, 0.25) is 0 Å². The molecule has 0 bridgehead atoms. The molecule has 136 valence electrons. The normalized spacial score (nSPS) is 14.0. The van der Waals surface area contributed by atoms with E-state index in [1.165, 1.54) is 0 Å². The number of nitrogens with two attached hydrogens (primary N) is 1. The van der Waals surface area contributed by atoms with Crippen LogP contribution in [0.15, 0.2) is 30.3 Å². The Morgan fingerprint density at radius 2 is 1.92 bits per heavy atom. The summed E-state index contributed by atoms with van der Waals surface area (Å²) in [6.45, 7) is 8.08. The molecule has 2 rings (SSSR count). The van der Waals surface area contributed by atoms with Crippen molar-refractivity contribution >= 4 is 17.0 Å². The Kier molecular flexibility index (Phi) is 5.52. The summed E-state index contributed by atoms with van der Waals surface area (Å²) in [4.78, 5) is 16.6. The Bertz CT molecular complexity index is 755. The number of para-hydroxylation sites is 1. The van der Waals surface area contributed by atoms with Gasteiger partial charge in [0.2, 0.25) is 5.88 Å².